The minimum absolute atomic E-state index is 0.00345. The van der Waals surface area contributed by atoms with Crippen molar-refractivity contribution in [2.75, 3.05) is 0 Å². The van der Waals surface area contributed by atoms with Crippen LogP contribution in [-0.4, -0.2) is 5.71 Å². The topological polar surface area (TPSA) is 21.6 Å². The van der Waals surface area contributed by atoms with Gasteiger partial charge in [0.05, 0.1) is 5.71 Å². The molecule has 1 heterocycles. The Morgan fingerprint density at radius 2 is 1.75 bits per heavy atom. The lowest BCUT2D eigenvalue weighted by Gasteiger charge is -2.10. The molecule has 1 aliphatic rings. The molecule has 20 heavy (non-hydrogen) atoms. The molecule has 0 amide bonds. The highest BCUT2D eigenvalue weighted by molar-refractivity contribution is 5.83. The first-order chi connectivity index (χ1) is 9.83. The molecule has 0 spiro atoms. The molecule has 0 unspecified atom stereocenters. The maximum absolute atomic E-state index is 5.46. The van der Waals surface area contributed by atoms with E-state index in [1.807, 2.05) is 55.5 Å². The lowest BCUT2D eigenvalue weighted by Crippen LogP contribution is -2.00. The van der Waals surface area contributed by atoms with Crippen molar-refractivity contribution in [3.63, 3.8) is 0 Å². The van der Waals surface area contributed by atoms with E-state index in [1.54, 1.807) is 0 Å². The largest absolute Gasteiger partial charge is 0.387 e. The molecule has 1 atom stereocenters. The van der Waals surface area contributed by atoms with E-state index in [0.717, 1.165) is 28.8 Å². The van der Waals surface area contributed by atoms with Crippen LogP contribution in [0.2, 0.25) is 0 Å². The molecule has 0 aliphatic carbocycles. The second-order valence-electron chi connectivity index (χ2n) is 4.83. The maximum atomic E-state index is 5.46. The van der Waals surface area contributed by atoms with Crippen molar-refractivity contribution in [3.8, 4) is 11.8 Å². The van der Waals surface area contributed by atoms with Gasteiger partial charge in [-0.15, -0.1) is 0 Å². The number of rotatable bonds is 1. The van der Waals surface area contributed by atoms with Gasteiger partial charge < -0.3 is 4.84 Å². The summed E-state index contributed by atoms with van der Waals surface area (Å²) in [7, 11) is 0. The van der Waals surface area contributed by atoms with Crippen molar-refractivity contribution >= 4 is 5.71 Å². The number of hydrogen-bond donors (Lipinski definition) is 0. The Hall–Kier alpha value is -2.53. The zero-order valence-corrected chi connectivity index (χ0v) is 11.3. The normalized spacial score (nSPS) is 16.9. The number of hydrogen-bond acceptors (Lipinski definition) is 2. The van der Waals surface area contributed by atoms with Crippen LogP contribution in [0, 0.1) is 11.8 Å². The van der Waals surface area contributed by atoms with E-state index in [4.69, 9.17) is 4.84 Å². The third-order valence-corrected chi connectivity index (χ3v) is 3.24. The van der Waals surface area contributed by atoms with Gasteiger partial charge in [-0.1, -0.05) is 53.4 Å². The summed E-state index contributed by atoms with van der Waals surface area (Å²) in [6.07, 6.45) is 0.834. The van der Waals surface area contributed by atoms with Crippen LogP contribution < -0.4 is 0 Å². The molecule has 0 N–H and O–H groups in total. The van der Waals surface area contributed by atoms with Gasteiger partial charge >= 0.3 is 0 Å². The van der Waals surface area contributed by atoms with Crippen LogP contribution >= 0.6 is 0 Å². The molecular weight excluding hydrogens is 246 g/mol. The molecule has 0 fully saturated rings. The average molecular weight is 261 g/mol. The molecule has 98 valence electrons. The van der Waals surface area contributed by atoms with Gasteiger partial charge in [-0.05, 0) is 25.1 Å². The quantitative estimate of drug-likeness (QED) is 0.713. The Morgan fingerprint density at radius 3 is 2.50 bits per heavy atom. The Morgan fingerprint density at radius 1 is 1.00 bits per heavy atom. The Balaban J connectivity index is 1.90. The van der Waals surface area contributed by atoms with Crippen LogP contribution in [0.3, 0.4) is 0 Å². The molecule has 2 aromatic carbocycles. The van der Waals surface area contributed by atoms with Gasteiger partial charge in [-0.25, -0.2) is 0 Å². The average Bonchev–Trinajstić information content (AvgIpc) is 2.93. The Bertz CT molecular complexity index is 692. The number of nitrogens with zero attached hydrogens (tertiary/aromatic N) is 1. The van der Waals surface area contributed by atoms with Crippen LogP contribution in [-0.2, 0) is 4.84 Å². The molecule has 2 heteroatoms. The van der Waals surface area contributed by atoms with Gasteiger partial charge in [0, 0.05) is 23.1 Å². The molecule has 2 aromatic rings. The summed E-state index contributed by atoms with van der Waals surface area (Å²) in [5.41, 5.74) is 4.16. The molecule has 2 nitrogen and oxygen atoms in total. The van der Waals surface area contributed by atoms with Crippen LogP contribution in [0.1, 0.15) is 36.1 Å². The summed E-state index contributed by atoms with van der Waals surface area (Å²) in [4.78, 5) is 5.46. The highest BCUT2D eigenvalue weighted by Gasteiger charge is 2.21. The maximum Gasteiger partial charge on any atom is 0.159 e. The van der Waals surface area contributed by atoms with Crippen LogP contribution in [0.4, 0.5) is 0 Å². The van der Waals surface area contributed by atoms with Crippen LogP contribution in [0.5, 0.6) is 0 Å². The zero-order chi connectivity index (χ0) is 13.8. The predicted octanol–water partition coefficient (Wildman–Crippen LogP) is 3.92. The molecule has 0 bridgehead atoms. The highest BCUT2D eigenvalue weighted by Crippen LogP contribution is 2.29. The van der Waals surface area contributed by atoms with Crippen molar-refractivity contribution < 1.29 is 4.84 Å². The lowest BCUT2D eigenvalue weighted by molar-refractivity contribution is 0.0855. The minimum atomic E-state index is -0.00345. The predicted molar refractivity (Wildman–Crippen MR) is 80.4 cm³/mol. The summed E-state index contributed by atoms with van der Waals surface area (Å²) in [5, 5.41) is 4.02. The first-order valence-electron chi connectivity index (χ1n) is 6.68. The SMILES string of the molecule is CC1=NO[C@@H](c2ccccc2C#Cc2ccccc2)C1. The van der Waals surface area contributed by atoms with Gasteiger partial charge in [0.2, 0.25) is 0 Å². The van der Waals surface area contributed by atoms with Gasteiger partial charge in [0.1, 0.15) is 0 Å². The van der Waals surface area contributed by atoms with Crippen molar-refractivity contribution in [1.29, 1.82) is 0 Å². The van der Waals surface area contributed by atoms with Gasteiger partial charge in [0.15, 0.2) is 6.10 Å². The van der Waals surface area contributed by atoms with E-state index in [2.05, 4.69) is 23.1 Å². The summed E-state index contributed by atoms with van der Waals surface area (Å²) >= 11 is 0. The van der Waals surface area contributed by atoms with Crippen molar-refractivity contribution in [2.45, 2.75) is 19.4 Å². The summed E-state index contributed by atoms with van der Waals surface area (Å²) in [6, 6.07) is 18.1. The zero-order valence-electron chi connectivity index (χ0n) is 11.3. The van der Waals surface area contributed by atoms with E-state index in [0.29, 0.717) is 0 Å². The van der Waals surface area contributed by atoms with Gasteiger partial charge in [-0.3, -0.25) is 0 Å². The molecule has 0 saturated heterocycles. The lowest BCUT2D eigenvalue weighted by atomic mass is 9.99. The first kappa shape index (κ1) is 12.5. The fourth-order valence-corrected chi connectivity index (χ4v) is 2.22. The Kier molecular flexibility index (Phi) is 3.52. The second-order valence-corrected chi connectivity index (χ2v) is 4.83. The third kappa shape index (κ3) is 2.73. The molecular formula is C18H15NO. The van der Waals surface area contributed by atoms with Gasteiger partial charge in [-0.2, -0.15) is 0 Å². The Labute approximate surface area is 119 Å². The third-order valence-electron chi connectivity index (χ3n) is 3.24. The van der Waals surface area contributed by atoms with E-state index in [1.165, 1.54) is 0 Å². The second kappa shape index (κ2) is 5.63. The molecule has 3 rings (SSSR count). The molecule has 0 saturated carbocycles. The van der Waals surface area contributed by atoms with E-state index < -0.39 is 0 Å². The monoisotopic (exact) mass is 261 g/mol. The van der Waals surface area contributed by atoms with E-state index in [-0.39, 0.29) is 6.10 Å². The van der Waals surface area contributed by atoms with E-state index in [9.17, 15) is 0 Å². The van der Waals surface area contributed by atoms with E-state index >= 15 is 0 Å². The number of benzene rings is 2. The molecule has 0 aromatic heterocycles. The minimum Gasteiger partial charge on any atom is -0.387 e. The molecule has 1 aliphatic heterocycles. The van der Waals surface area contributed by atoms with Crippen LogP contribution in [0.25, 0.3) is 0 Å². The first-order valence-corrected chi connectivity index (χ1v) is 6.68. The summed E-state index contributed by atoms with van der Waals surface area (Å²) < 4.78 is 0. The molecule has 0 radical (unpaired) electrons. The van der Waals surface area contributed by atoms with Gasteiger partial charge in [0.25, 0.3) is 0 Å². The fraction of sp³-hybridized carbons (Fsp3) is 0.167. The summed E-state index contributed by atoms with van der Waals surface area (Å²) in [5.74, 6) is 6.43. The standard InChI is InChI=1S/C18H15NO/c1-14-13-18(20-19-14)17-10-6-5-9-16(17)12-11-15-7-3-2-4-8-15/h2-10,18H,13H2,1H3/t18-/m1/s1. The highest BCUT2D eigenvalue weighted by atomic mass is 16.6. The number of oxime groups is 1. The van der Waals surface area contributed by atoms with Crippen LogP contribution in [0.15, 0.2) is 59.8 Å². The smallest absolute Gasteiger partial charge is 0.159 e. The van der Waals surface area contributed by atoms with Crippen molar-refractivity contribution in [1.82, 2.24) is 0 Å². The van der Waals surface area contributed by atoms with Crippen molar-refractivity contribution in [2.24, 2.45) is 5.16 Å². The van der Waals surface area contributed by atoms with Crippen molar-refractivity contribution in [3.05, 3.63) is 71.3 Å². The summed E-state index contributed by atoms with van der Waals surface area (Å²) in [6.45, 7) is 1.98. The fourth-order valence-electron chi connectivity index (χ4n) is 2.22.